The van der Waals surface area contributed by atoms with Gasteiger partial charge >= 0.3 is 0 Å². The summed E-state index contributed by atoms with van der Waals surface area (Å²) in [5, 5.41) is 5.97. The van der Waals surface area contributed by atoms with Crippen molar-refractivity contribution in [3.05, 3.63) is 32.6 Å². The highest BCUT2D eigenvalue weighted by Crippen LogP contribution is 2.37. The van der Waals surface area contributed by atoms with E-state index in [1.54, 1.807) is 11.3 Å². The average Bonchev–Trinajstić information content (AvgIpc) is 2.60. The summed E-state index contributed by atoms with van der Waals surface area (Å²) >= 11 is 7.97. The number of hydrogen-bond donors (Lipinski definition) is 1. The summed E-state index contributed by atoms with van der Waals surface area (Å²) in [5.41, 5.74) is 2.59. The summed E-state index contributed by atoms with van der Waals surface area (Å²) < 4.78 is 0. The van der Waals surface area contributed by atoms with Crippen LogP contribution in [0.25, 0.3) is 0 Å². The maximum atomic E-state index is 6.25. The van der Waals surface area contributed by atoms with Crippen LogP contribution >= 0.6 is 35.3 Å². The molecule has 1 aromatic heterocycles. The van der Waals surface area contributed by atoms with E-state index in [-0.39, 0.29) is 18.4 Å². The molecule has 0 bridgehead atoms. The van der Waals surface area contributed by atoms with Crippen molar-refractivity contribution < 1.29 is 0 Å². The van der Waals surface area contributed by atoms with Crippen LogP contribution in [0.5, 0.6) is 0 Å². The highest BCUT2D eigenvalue weighted by atomic mass is 35.5. The van der Waals surface area contributed by atoms with Gasteiger partial charge in [-0.05, 0) is 30.4 Å². The van der Waals surface area contributed by atoms with Crippen molar-refractivity contribution >= 4 is 41.3 Å². The summed E-state index contributed by atoms with van der Waals surface area (Å²) in [4.78, 5) is 7.82. The van der Waals surface area contributed by atoms with Crippen LogP contribution in [0, 0.1) is 13.8 Å². The summed E-state index contributed by atoms with van der Waals surface area (Å²) in [5.74, 6) is 0.838. The molecule has 2 heterocycles. The summed E-state index contributed by atoms with van der Waals surface area (Å²) in [6.07, 6.45) is 1.82. The van der Waals surface area contributed by atoms with Crippen LogP contribution in [0.1, 0.15) is 22.0 Å². The molecule has 2 rings (SSSR count). The summed E-state index contributed by atoms with van der Waals surface area (Å²) in [7, 11) is 3.92. The number of aliphatic imine (C=N–C) groups is 1. The lowest BCUT2D eigenvalue weighted by atomic mass is 10.1. The first-order valence-corrected chi connectivity index (χ1v) is 6.68. The van der Waals surface area contributed by atoms with E-state index in [4.69, 9.17) is 11.6 Å². The molecule has 0 fully saturated rings. The molecule has 1 aromatic rings. The minimum atomic E-state index is -0.0611. The van der Waals surface area contributed by atoms with Gasteiger partial charge in [0.15, 0.2) is 5.96 Å². The fourth-order valence-electron chi connectivity index (χ4n) is 1.65. The van der Waals surface area contributed by atoms with Crippen molar-refractivity contribution in [3.63, 3.8) is 0 Å². The SMILES string of the molecule is Cc1csc(C2N=C(N(C)C)NC=C2Cl)c1C.Cl. The predicted molar refractivity (Wildman–Crippen MR) is 82.0 cm³/mol. The zero-order chi connectivity index (χ0) is 12.6. The van der Waals surface area contributed by atoms with Gasteiger partial charge in [0, 0.05) is 25.2 Å². The number of guanidine groups is 1. The summed E-state index contributed by atoms with van der Waals surface area (Å²) in [6.45, 7) is 4.24. The van der Waals surface area contributed by atoms with E-state index in [0.29, 0.717) is 0 Å². The number of nitrogens with one attached hydrogen (secondary N) is 1. The van der Waals surface area contributed by atoms with E-state index < -0.39 is 0 Å². The maximum absolute atomic E-state index is 6.25. The molecule has 100 valence electrons. The van der Waals surface area contributed by atoms with E-state index >= 15 is 0 Å². The van der Waals surface area contributed by atoms with Crippen molar-refractivity contribution in [1.29, 1.82) is 0 Å². The third kappa shape index (κ3) is 2.82. The van der Waals surface area contributed by atoms with Crippen LogP contribution in [0.4, 0.5) is 0 Å². The Morgan fingerprint density at radius 2 is 2.06 bits per heavy atom. The highest BCUT2D eigenvalue weighted by molar-refractivity contribution is 7.10. The second kappa shape index (κ2) is 5.95. The molecule has 1 N–H and O–H groups in total. The molecule has 0 aliphatic carbocycles. The number of aryl methyl sites for hydroxylation is 1. The lowest BCUT2D eigenvalue weighted by molar-refractivity contribution is 0.585. The molecule has 0 saturated carbocycles. The van der Waals surface area contributed by atoms with Gasteiger partial charge in [-0.1, -0.05) is 11.6 Å². The number of nitrogens with zero attached hydrogens (tertiary/aromatic N) is 2. The molecular weight excluding hydrogens is 289 g/mol. The second-order valence-corrected chi connectivity index (χ2v) is 5.68. The number of thiophene rings is 1. The Bertz CT molecular complexity index is 492. The fourth-order valence-corrected chi connectivity index (χ4v) is 3.06. The zero-order valence-electron chi connectivity index (χ0n) is 10.8. The van der Waals surface area contributed by atoms with E-state index in [0.717, 1.165) is 11.0 Å². The third-order valence-electron chi connectivity index (χ3n) is 2.85. The molecule has 0 saturated heterocycles. The molecule has 1 aliphatic heterocycles. The van der Waals surface area contributed by atoms with Crippen molar-refractivity contribution in [2.75, 3.05) is 14.1 Å². The van der Waals surface area contributed by atoms with Gasteiger partial charge in [-0.2, -0.15) is 0 Å². The quantitative estimate of drug-likeness (QED) is 0.861. The predicted octanol–water partition coefficient (Wildman–Crippen LogP) is 3.43. The van der Waals surface area contributed by atoms with Crippen LogP contribution in [-0.4, -0.2) is 25.0 Å². The van der Waals surface area contributed by atoms with Gasteiger partial charge in [-0.25, -0.2) is 4.99 Å². The monoisotopic (exact) mass is 305 g/mol. The van der Waals surface area contributed by atoms with Gasteiger partial charge in [0.25, 0.3) is 0 Å². The van der Waals surface area contributed by atoms with Gasteiger partial charge in [-0.3, -0.25) is 0 Å². The Labute approximate surface area is 123 Å². The molecule has 6 heteroatoms. The number of hydrogen-bond acceptors (Lipinski definition) is 4. The Balaban J connectivity index is 0.00000162. The van der Waals surface area contributed by atoms with Crippen LogP contribution < -0.4 is 5.32 Å². The molecule has 0 aromatic carbocycles. The molecule has 0 amide bonds. The summed E-state index contributed by atoms with van der Waals surface area (Å²) in [6, 6.07) is -0.0611. The zero-order valence-corrected chi connectivity index (χ0v) is 13.2. The molecule has 1 aliphatic rings. The Morgan fingerprint density at radius 3 is 2.56 bits per heavy atom. The standard InChI is InChI=1S/C12H16ClN3S.ClH/c1-7-6-17-11(8(7)2)10-9(13)5-14-12(15-10)16(3)4;/h5-6,10H,1-4H3,(H,14,15);1H. The lowest BCUT2D eigenvalue weighted by Gasteiger charge is -2.23. The molecule has 1 atom stereocenters. The molecule has 0 spiro atoms. The average molecular weight is 306 g/mol. The van der Waals surface area contributed by atoms with E-state index in [9.17, 15) is 0 Å². The first-order valence-electron chi connectivity index (χ1n) is 5.42. The minimum absolute atomic E-state index is 0. The van der Waals surface area contributed by atoms with Crippen molar-refractivity contribution in [1.82, 2.24) is 10.2 Å². The van der Waals surface area contributed by atoms with Crippen LogP contribution in [-0.2, 0) is 0 Å². The van der Waals surface area contributed by atoms with E-state index in [2.05, 4.69) is 29.5 Å². The first-order chi connectivity index (χ1) is 8.00. The lowest BCUT2D eigenvalue weighted by Crippen LogP contribution is -2.36. The normalized spacial score (nSPS) is 18.4. The van der Waals surface area contributed by atoms with Gasteiger partial charge in [-0.15, -0.1) is 23.7 Å². The Morgan fingerprint density at radius 1 is 1.39 bits per heavy atom. The largest absolute Gasteiger partial charge is 0.349 e. The molecule has 18 heavy (non-hydrogen) atoms. The van der Waals surface area contributed by atoms with Crippen molar-refractivity contribution in [2.24, 2.45) is 4.99 Å². The van der Waals surface area contributed by atoms with Crippen LogP contribution in [0.2, 0.25) is 0 Å². The van der Waals surface area contributed by atoms with Gasteiger partial charge in [0.2, 0.25) is 0 Å². The fraction of sp³-hybridized carbons (Fsp3) is 0.417. The maximum Gasteiger partial charge on any atom is 0.198 e. The molecule has 1 unspecified atom stereocenters. The van der Waals surface area contributed by atoms with Crippen LogP contribution in [0.15, 0.2) is 21.6 Å². The van der Waals surface area contributed by atoms with Crippen molar-refractivity contribution in [3.8, 4) is 0 Å². The highest BCUT2D eigenvalue weighted by Gasteiger charge is 2.23. The van der Waals surface area contributed by atoms with Gasteiger partial charge in [0.1, 0.15) is 6.04 Å². The first kappa shape index (κ1) is 15.3. The topological polar surface area (TPSA) is 27.6 Å². The molecular formula is C12H17Cl2N3S. The number of rotatable bonds is 1. The number of halogens is 2. The minimum Gasteiger partial charge on any atom is -0.349 e. The van der Waals surface area contributed by atoms with Crippen molar-refractivity contribution in [2.45, 2.75) is 19.9 Å². The van der Waals surface area contributed by atoms with Gasteiger partial charge < -0.3 is 10.2 Å². The second-order valence-electron chi connectivity index (χ2n) is 4.33. The Hall–Kier alpha value is -0.710. The molecule has 3 nitrogen and oxygen atoms in total. The van der Waals surface area contributed by atoms with Gasteiger partial charge in [0.05, 0.1) is 5.03 Å². The smallest absolute Gasteiger partial charge is 0.198 e. The van der Waals surface area contributed by atoms with E-state index in [1.807, 2.05) is 25.2 Å². The Kier molecular flexibility index (Phi) is 5.08. The third-order valence-corrected chi connectivity index (χ3v) is 4.42. The van der Waals surface area contributed by atoms with E-state index in [1.165, 1.54) is 16.0 Å². The van der Waals surface area contributed by atoms with Crippen LogP contribution in [0.3, 0.4) is 0 Å². The molecule has 0 radical (unpaired) electrons.